The number of benzene rings is 1. The third kappa shape index (κ3) is 3.87. The Kier molecular flexibility index (Phi) is 5.25. The smallest absolute Gasteiger partial charge is 0.239 e. The molecule has 1 aromatic carbocycles. The van der Waals surface area contributed by atoms with Gasteiger partial charge in [0, 0.05) is 13.1 Å². The predicted octanol–water partition coefficient (Wildman–Crippen LogP) is 2.69. The molecule has 0 aromatic heterocycles. The van der Waals surface area contributed by atoms with Gasteiger partial charge in [-0.1, -0.05) is 29.3 Å². The third-order valence-corrected chi connectivity index (χ3v) is 3.18. The fourth-order valence-electron chi connectivity index (χ4n) is 1.49. The highest BCUT2D eigenvalue weighted by Crippen LogP contribution is 2.23. The van der Waals surface area contributed by atoms with Crippen LogP contribution in [0.15, 0.2) is 18.2 Å². The van der Waals surface area contributed by atoms with Gasteiger partial charge in [0.2, 0.25) is 5.91 Å². The minimum Gasteiger partial charge on any atom is -0.337 e. The Hall–Kier alpha value is -0.770. The van der Waals surface area contributed by atoms with Gasteiger partial charge in [0.05, 0.1) is 16.1 Å². The van der Waals surface area contributed by atoms with Crippen molar-refractivity contribution in [3.8, 4) is 0 Å². The maximum atomic E-state index is 11.8. The summed E-state index contributed by atoms with van der Waals surface area (Å²) in [4.78, 5) is 13.5. The van der Waals surface area contributed by atoms with Crippen molar-refractivity contribution in [2.75, 3.05) is 6.54 Å². The molecule has 1 aromatic rings. The van der Waals surface area contributed by atoms with E-state index in [0.29, 0.717) is 23.1 Å². The third-order valence-electron chi connectivity index (χ3n) is 2.44. The number of amides is 1. The van der Waals surface area contributed by atoms with Crippen molar-refractivity contribution in [2.45, 2.75) is 26.4 Å². The molecule has 1 rings (SSSR count). The lowest BCUT2D eigenvalue weighted by Gasteiger charge is -2.23. The molecule has 1 unspecified atom stereocenters. The molecule has 1 amide bonds. The van der Waals surface area contributed by atoms with Gasteiger partial charge in [-0.3, -0.25) is 4.79 Å². The highest BCUT2D eigenvalue weighted by molar-refractivity contribution is 6.42. The number of nitrogens with zero attached hydrogens (tertiary/aromatic N) is 1. The summed E-state index contributed by atoms with van der Waals surface area (Å²) >= 11 is 11.8. The first-order valence-corrected chi connectivity index (χ1v) is 6.19. The van der Waals surface area contributed by atoms with Crippen molar-refractivity contribution in [3.05, 3.63) is 33.8 Å². The van der Waals surface area contributed by atoms with E-state index in [0.717, 1.165) is 5.56 Å². The molecule has 0 aliphatic heterocycles. The summed E-state index contributed by atoms with van der Waals surface area (Å²) in [5.41, 5.74) is 6.52. The number of halogens is 2. The Morgan fingerprint density at radius 3 is 2.53 bits per heavy atom. The normalized spacial score (nSPS) is 12.3. The van der Waals surface area contributed by atoms with Crippen LogP contribution in [0.3, 0.4) is 0 Å². The summed E-state index contributed by atoms with van der Waals surface area (Å²) in [6, 6.07) is 4.85. The van der Waals surface area contributed by atoms with Crippen molar-refractivity contribution < 1.29 is 4.79 Å². The van der Waals surface area contributed by atoms with Crippen LogP contribution in [0, 0.1) is 0 Å². The minimum absolute atomic E-state index is 0.0708. The van der Waals surface area contributed by atoms with Gasteiger partial charge < -0.3 is 10.6 Å². The largest absolute Gasteiger partial charge is 0.337 e. The molecule has 0 saturated carbocycles. The number of likely N-dealkylation sites (N-methyl/N-ethyl adjacent to an activating group) is 1. The van der Waals surface area contributed by atoms with Crippen LogP contribution >= 0.6 is 23.2 Å². The molecule has 0 bridgehead atoms. The van der Waals surface area contributed by atoms with Gasteiger partial charge in [0.15, 0.2) is 0 Å². The van der Waals surface area contributed by atoms with E-state index < -0.39 is 6.04 Å². The van der Waals surface area contributed by atoms with Crippen LogP contribution in [0.5, 0.6) is 0 Å². The number of rotatable bonds is 4. The molecule has 0 heterocycles. The molecule has 17 heavy (non-hydrogen) atoms. The molecular formula is C12H16Cl2N2O. The number of carbonyl (C=O) groups is 1. The van der Waals surface area contributed by atoms with E-state index in [2.05, 4.69) is 0 Å². The molecule has 94 valence electrons. The monoisotopic (exact) mass is 274 g/mol. The topological polar surface area (TPSA) is 46.3 Å². The fourth-order valence-corrected chi connectivity index (χ4v) is 1.81. The van der Waals surface area contributed by atoms with E-state index in [1.807, 2.05) is 13.0 Å². The Bertz CT molecular complexity index is 407. The lowest BCUT2D eigenvalue weighted by atomic mass is 10.2. The van der Waals surface area contributed by atoms with Gasteiger partial charge in [0.25, 0.3) is 0 Å². The van der Waals surface area contributed by atoms with Crippen molar-refractivity contribution in [3.63, 3.8) is 0 Å². The van der Waals surface area contributed by atoms with Gasteiger partial charge in [-0.25, -0.2) is 0 Å². The summed E-state index contributed by atoms with van der Waals surface area (Å²) in [6.07, 6.45) is 0. The average molecular weight is 275 g/mol. The zero-order valence-corrected chi connectivity index (χ0v) is 11.4. The molecule has 0 saturated heterocycles. The molecule has 1 atom stereocenters. The van der Waals surface area contributed by atoms with E-state index in [-0.39, 0.29) is 5.91 Å². The van der Waals surface area contributed by atoms with Crippen LogP contribution in [0.4, 0.5) is 0 Å². The average Bonchev–Trinajstić information content (AvgIpc) is 2.29. The fraction of sp³-hybridized carbons (Fsp3) is 0.417. The molecule has 0 aliphatic rings. The standard InChI is InChI=1S/C12H16Cl2N2O/c1-3-16(12(17)8(2)15)7-9-4-5-10(13)11(14)6-9/h4-6,8H,3,7,15H2,1-2H3. The van der Waals surface area contributed by atoms with E-state index in [1.54, 1.807) is 24.0 Å². The van der Waals surface area contributed by atoms with Crippen LogP contribution < -0.4 is 5.73 Å². The van der Waals surface area contributed by atoms with Crippen molar-refractivity contribution in [1.29, 1.82) is 0 Å². The highest BCUT2D eigenvalue weighted by atomic mass is 35.5. The summed E-state index contributed by atoms with van der Waals surface area (Å²) in [5.74, 6) is -0.0708. The Balaban J connectivity index is 2.80. The minimum atomic E-state index is -0.488. The van der Waals surface area contributed by atoms with Gasteiger partial charge in [-0.2, -0.15) is 0 Å². The van der Waals surface area contributed by atoms with Gasteiger partial charge in [0.1, 0.15) is 0 Å². The summed E-state index contributed by atoms with van der Waals surface area (Å²) in [5, 5.41) is 1.01. The Morgan fingerprint density at radius 1 is 1.41 bits per heavy atom. The SMILES string of the molecule is CCN(Cc1ccc(Cl)c(Cl)c1)C(=O)C(C)N. The van der Waals surface area contributed by atoms with Gasteiger partial charge >= 0.3 is 0 Å². The zero-order chi connectivity index (χ0) is 13.0. The number of nitrogens with two attached hydrogens (primary N) is 1. The molecule has 0 aliphatic carbocycles. The molecule has 5 heteroatoms. The molecule has 3 nitrogen and oxygen atoms in total. The number of carbonyl (C=O) groups excluding carboxylic acids is 1. The molecular weight excluding hydrogens is 259 g/mol. The second-order valence-electron chi connectivity index (χ2n) is 3.89. The second kappa shape index (κ2) is 6.24. The second-order valence-corrected chi connectivity index (χ2v) is 4.70. The number of hydrogen-bond donors (Lipinski definition) is 1. The Morgan fingerprint density at radius 2 is 2.06 bits per heavy atom. The van der Waals surface area contributed by atoms with Crippen LogP contribution in [-0.2, 0) is 11.3 Å². The predicted molar refractivity (Wildman–Crippen MR) is 71.2 cm³/mol. The number of hydrogen-bond acceptors (Lipinski definition) is 2. The van der Waals surface area contributed by atoms with Crippen LogP contribution in [0.1, 0.15) is 19.4 Å². The first kappa shape index (κ1) is 14.3. The van der Waals surface area contributed by atoms with Gasteiger partial charge in [-0.15, -0.1) is 0 Å². The first-order valence-electron chi connectivity index (χ1n) is 5.44. The lowest BCUT2D eigenvalue weighted by molar-refractivity contribution is -0.132. The summed E-state index contributed by atoms with van der Waals surface area (Å²) in [6.45, 7) is 4.70. The summed E-state index contributed by atoms with van der Waals surface area (Å²) in [7, 11) is 0. The van der Waals surface area contributed by atoms with Crippen LogP contribution in [0.2, 0.25) is 10.0 Å². The van der Waals surface area contributed by atoms with E-state index in [9.17, 15) is 4.79 Å². The maximum Gasteiger partial charge on any atom is 0.239 e. The molecule has 0 radical (unpaired) electrons. The van der Waals surface area contributed by atoms with Crippen molar-refractivity contribution in [2.24, 2.45) is 5.73 Å². The molecule has 0 fully saturated rings. The zero-order valence-electron chi connectivity index (χ0n) is 9.91. The lowest BCUT2D eigenvalue weighted by Crippen LogP contribution is -2.41. The van der Waals surface area contributed by atoms with E-state index in [4.69, 9.17) is 28.9 Å². The first-order chi connectivity index (χ1) is 7.95. The maximum absolute atomic E-state index is 11.8. The van der Waals surface area contributed by atoms with Gasteiger partial charge in [-0.05, 0) is 31.5 Å². The van der Waals surface area contributed by atoms with E-state index >= 15 is 0 Å². The molecule has 0 spiro atoms. The molecule has 2 N–H and O–H groups in total. The van der Waals surface area contributed by atoms with Crippen LogP contribution in [-0.4, -0.2) is 23.4 Å². The Labute approximate surface area is 111 Å². The quantitative estimate of drug-likeness (QED) is 0.918. The van der Waals surface area contributed by atoms with E-state index in [1.165, 1.54) is 0 Å². The van der Waals surface area contributed by atoms with Crippen molar-refractivity contribution in [1.82, 2.24) is 4.90 Å². The summed E-state index contributed by atoms with van der Waals surface area (Å²) < 4.78 is 0. The van der Waals surface area contributed by atoms with Crippen LogP contribution in [0.25, 0.3) is 0 Å². The highest BCUT2D eigenvalue weighted by Gasteiger charge is 2.16. The van der Waals surface area contributed by atoms with Crippen molar-refractivity contribution >= 4 is 29.1 Å².